The molecule has 0 bridgehead atoms. The minimum Gasteiger partial charge on any atom is -0.354 e. The lowest BCUT2D eigenvalue weighted by atomic mass is 10.1. The Hall–Kier alpha value is -3.61. The van der Waals surface area contributed by atoms with Crippen molar-refractivity contribution in [2.45, 2.75) is 20.3 Å². The van der Waals surface area contributed by atoms with E-state index in [1.807, 2.05) is 68.0 Å². The van der Waals surface area contributed by atoms with Crippen molar-refractivity contribution >= 4 is 5.95 Å². The smallest absolute Gasteiger partial charge is 0.223 e. The normalized spacial score (nSPS) is 10.9. The number of anilines is 1. The first-order valence-corrected chi connectivity index (χ1v) is 9.56. The predicted molar refractivity (Wildman–Crippen MR) is 113 cm³/mol. The number of benzene rings is 1. The van der Waals surface area contributed by atoms with Crippen molar-refractivity contribution in [3.8, 4) is 22.5 Å². The molecule has 0 aliphatic heterocycles. The third-order valence-electron chi connectivity index (χ3n) is 4.83. The standard InChI is InChI=1S/C22H23N7/c1-15-21(16(2)29(3)28-15)19-10-13-24-22(27-19)25-14-11-20-23-12-9-18(26-20)17-7-5-4-6-8-17/h4-10,12-13H,11,14H2,1-3H3,(H,24,25,27). The first kappa shape index (κ1) is 18.7. The minimum atomic E-state index is 0.587. The van der Waals surface area contributed by atoms with Gasteiger partial charge in [-0.3, -0.25) is 4.68 Å². The van der Waals surface area contributed by atoms with Crippen molar-refractivity contribution in [1.82, 2.24) is 29.7 Å². The molecule has 0 saturated heterocycles. The zero-order valence-corrected chi connectivity index (χ0v) is 16.8. The van der Waals surface area contributed by atoms with Crippen LogP contribution in [-0.4, -0.2) is 36.3 Å². The van der Waals surface area contributed by atoms with Crippen LogP contribution in [0.5, 0.6) is 0 Å². The van der Waals surface area contributed by atoms with E-state index in [-0.39, 0.29) is 0 Å². The molecule has 0 unspecified atom stereocenters. The lowest BCUT2D eigenvalue weighted by Gasteiger charge is -2.07. The van der Waals surface area contributed by atoms with Gasteiger partial charge in [0.2, 0.25) is 5.95 Å². The molecule has 0 aliphatic carbocycles. The Morgan fingerprint density at radius 1 is 0.897 bits per heavy atom. The molecule has 0 saturated carbocycles. The third kappa shape index (κ3) is 4.13. The summed E-state index contributed by atoms with van der Waals surface area (Å²) in [5, 5.41) is 7.75. The highest BCUT2D eigenvalue weighted by atomic mass is 15.3. The lowest BCUT2D eigenvalue weighted by Crippen LogP contribution is -2.10. The van der Waals surface area contributed by atoms with Crippen LogP contribution in [0.3, 0.4) is 0 Å². The van der Waals surface area contributed by atoms with Gasteiger partial charge in [-0.15, -0.1) is 0 Å². The quantitative estimate of drug-likeness (QED) is 0.546. The third-order valence-corrected chi connectivity index (χ3v) is 4.83. The topological polar surface area (TPSA) is 81.4 Å². The molecule has 146 valence electrons. The second-order valence-corrected chi connectivity index (χ2v) is 6.84. The van der Waals surface area contributed by atoms with Gasteiger partial charge in [0.25, 0.3) is 0 Å². The number of hydrogen-bond acceptors (Lipinski definition) is 6. The Morgan fingerprint density at radius 2 is 1.66 bits per heavy atom. The summed E-state index contributed by atoms with van der Waals surface area (Å²) in [5.41, 5.74) is 5.97. The van der Waals surface area contributed by atoms with Crippen LogP contribution in [0, 0.1) is 13.8 Å². The number of rotatable bonds is 6. The van der Waals surface area contributed by atoms with E-state index in [4.69, 9.17) is 0 Å². The molecule has 0 fully saturated rings. The second-order valence-electron chi connectivity index (χ2n) is 6.84. The number of nitrogens with one attached hydrogen (secondary N) is 1. The highest BCUT2D eigenvalue weighted by Crippen LogP contribution is 2.25. The van der Waals surface area contributed by atoms with Gasteiger partial charge in [-0.25, -0.2) is 19.9 Å². The fourth-order valence-corrected chi connectivity index (χ4v) is 3.30. The summed E-state index contributed by atoms with van der Waals surface area (Å²) in [6.07, 6.45) is 4.25. The van der Waals surface area contributed by atoms with Gasteiger partial charge in [0.15, 0.2) is 0 Å². The fourth-order valence-electron chi connectivity index (χ4n) is 3.30. The van der Waals surface area contributed by atoms with Crippen LogP contribution >= 0.6 is 0 Å². The number of aryl methyl sites for hydroxylation is 2. The number of nitrogens with zero attached hydrogens (tertiary/aromatic N) is 6. The number of hydrogen-bond donors (Lipinski definition) is 1. The van der Waals surface area contributed by atoms with E-state index >= 15 is 0 Å². The first-order valence-electron chi connectivity index (χ1n) is 9.56. The van der Waals surface area contributed by atoms with Gasteiger partial charge in [0, 0.05) is 49.2 Å². The van der Waals surface area contributed by atoms with Gasteiger partial charge in [-0.1, -0.05) is 30.3 Å². The maximum atomic E-state index is 4.66. The summed E-state index contributed by atoms with van der Waals surface area (Å²) in [6.45, 7) is 4.68. The Balaban J connectivity index is 1.44. The summed E-state index contributed by atoms with van der Waals surface area (Å²) in [7, 11) is 1.94. The molecule has 0 spiro atoms. The molecular formula is C22H23N7. The fraction of sp³-hybridized carbons (Fsp3) is 0.227. The average Bonchev–Trinajstić information content (AvgIpc) is 3.00. The number of aromatic nitrogens is 6. The maximum Gasteiger partial charge on any atom is 0.223 e. The van der Waals surface area contributed by atoms with E-state index in [0.717, 1.165) is 39.7 Å². The second kappa shape index (κ2) is 8.18. The van der Waals surface area contributed by atoms with Gasteiger partial charge >= 0.3 is 0 Å². The molecule has 1 aromatic carbocycles. The van der Waals surface area contributed by atoms with Crippen molar-refractivity contribution < 1.29 is 0 Å². The molecule has 3 heterocycles. The predicted octanol–water partition coefficient (Wildman–Crippen LogP) is 3.61. The highest BCUT2D eigenvalue weighted by molar-refractivity contribution is 5.65. The Morgan fingerprint density at radius 3 is 2.41 bits per heavy atom. The summed E-state index contributed by atoms with van der Waals surface area (Å²) < 4.78 is 1.87. The lowest BCUT2D eigenvalue weighted by molar-refractivity contribution is 0.731. The van der Waals surface area contributed by atoms with E-state index < -0.39 is 0 Å². The summed E-state index contributed by atoms with van der Waals surface area (Å²) >= 11 is 0. The molecule has 0 atom stereocenters. The molecule has 0 radical (unpaired) electrons. The van der Waals surface area contributed by atoms with Gasteiger partial charge < -0.3 is 5.32 Å². The Kier molecular flexibility index (Phi) is 5.29. The van der Waals surface area contributed by atoms with Gasteiger partial charge in [0.1, 0.15) is 5.82 Å². The van der Waals surface area contributed by atoms with Crippen molar-refractivity contribution in [1.29, 1.82) is 0 Å². The van der Waals surface area contributed by atoms with Crippen molar-refractivity contribution in [2.24, 2.45) is 7.05 Å². The molecule has 4 rings (SSSR count). The van der Waals surface area contributed by atoms with E-state index in [9.17, 15) is 0 Å². The monoisotopic (exact) mass is 385 g/mol. The van der Waals surface area contributed by atoms with Crippen LogP contribution in [0.2, 0.25) is 0 Å². The summed E-state index contributed by atoms with van der Waals surface area (Å²) in [5.74, 6) is 1.37. The molecule has 0 aliphatic rings. The largest absolute Gasteiger partial charge is 0.354 e. The van der Waals surface area contributed by atoms with Crippen molar-refractivity contribution in [3.63, 3.8) is 0 Å². The van der Waals surface area contributed by atoms with E-state index in [2.05, 4.69) is 30.4 Å². The SMILES string of the molecule is Cc1nn(C)c(C)c1-c1ccnc(NCCc2nccc(-c3ccccc3)n2)n1. The molecule has 4 aromatic rings. The van der Waals surface area contributed by atoms with Crippen LogP contribution < -0.4 is 5.32 Å². The van der Waals surface area contributed by atoms with Gasteiger partial charge in [-0.2, -0.15) is 5.10 Å². The molecule has 0 amide bonds. The van der Waals surface area contributed by atoms with Gasteiger partial charge in [-0.05, 0) is 26.0 Å². The van der Waals surface area contributed by atoms with Crippen molar-refractivity contribution in [2.75, 3.05) is 11.9 Å². The zero-order valence-electron chi connectivity index (χ0n) is 16.8. The Labute approximate surface area is 169 Å². The molecule has 1 N–H and O–H groups in total. The molecule has 29 heavy (non-hydrogen) atoms. The van der Waals surface area contributed by atoms with E-state index in [0.29, 0.717) is 18.9 Å². The first-order chi connectivity index (χ1) is 14.1. The average molecular weight is 385 g/mol. The van der Waals surface area contributed by atoms with E-state index in [1.165, 1.54) is 0 Å². The van der Waals surface area contributed by atoms with E-state index in [1.54, 1.807) is 12.4 Å². The van der Waals surface area contributed by atoms with Crippen LogP contribution in [-0.2, 0) is 13.5 Å². The molecular weight excluding hydrogens is 362 g/mol. The van der Waals surface area contributed by atoms with Crippen molar-refractivity contribution in [3.05, 3.63) is 72.1 Å². The summed E-state index contributed by atoms with van der Waals surface area (Å²) in [6, 6.07) is 14.0. The highest BCUT2D eigenvalue weighted by Gasteiger charge is 2.13. The summed E-state index contributed by atoms with van der Waals surface area (Å²) in [4.78, 5) is 18.0. The zero-order chi connectivity index (χ0) is 20.2. The van der Waals surface area contributed by atoms with Crippen LogP contribution in [0.25, 0.3) is 22.5 Å². The van der Waals surface area contributed by atoms with Crippen LogP contribution in [0.15, 0.2) is 54.9 Å². The minimum absolute atomic E-state index is 0.587. The maximum absolute atomic E-state index is 4.66. The van der Waals surface area contributed by atoms with Gasteiger partial charge in [0.05, 0.1) is 17.1 Å². The molecule has 7 nitrogen and oxygen atoms in total. The molecule has 7 heteroatoms. The van der Waals surface area contributed by atoms with Crippen LogP contribution in [0.1, 0.15) is 17.2 Å². The van der Waals surface area contributed by atoms with Crippen LogP contribution in [0.4, 0.5) is 5.95 Å². The molecule has 3 aromatic heterocycles. The Bertz CT molecular complexity index is 1120.